The lowest BCUT2D eigenvalue weighted by atomic mass is 10.1. The molecule has 1 atom stereocenters. The van der Waals surface area contributed by atoms with Crippen LogP contribution >= 0.6 is 0 Å². The van der Waals surface area contributed by atoms with Crippen LogP contribution in [0.25, 0.3) is 0 Å². The van der Waals surface area contributed by atoms with Crippen molar-refractivity contribution < 1.29 is 0 Å². The van der Waals surface area contributed by atoms with E-state index < -0.39 is 0 Å². The van der Waals surface area contributed by atoms with E-state index in [-0.39, 0.29) is 0 Å². The van der Waals surface area contributed by atoms with Gasteiger partial charge in [-0.3, -0.25) is 0 Å². The molecule has 1 aliphatic heterocycles. The summed E-state index contributed by atoms with van der Waals surface area (Å²) in [6.07, 6.45) is 3.51. The Bertz CT molecular complexity index is 516. The normalized spacial score (nSPS) is 19.8. The lowest BCUT2D eigenvalue weighted by molar-refractivity contribution is 0.272. The van der Waals surface area contributed by atoms with Gasteiger partial charge in [0.2, 0.25) is 0 Å². The molecule has 0 radical (unpaired) electrons. The van der Waals surface area contributed by atoms with Gasteiger partial charge in [0.05, 0.1) is 5.56 Å². The summed E-state index contributed by atoms with van der Waals surface area (Å²) in [6.45, 7) is 5.97. The summed E-state index contributed by atoms with van der Waals surface area (Å²) in [7, 11) is 4.30. The van der Waals surface area contributed by atoms with Gasteiger partial charge in [0.15, 0.2) is 0 Å². The molecule has 0 amide bonds. The molecule has 0 spiro atoms. The van der Waals surface area contributed by atoms with Gasteiger partial charge in [-0.1, -0.05) is 0 Å². The monoisotopic (exact) mass is 272 g/mol. The second kappa shape index (κ2) is 6.23. The smallest absolute Gasteiger partial charge is 0.147 e. The van der Waals surface area contributed by atoms with Gasteiger partial charge in [0.25, 0.3) is 0 Å². The van der Waals surface area contributed by atoms with Crippen molar-refractivity contribution in [1.82, 2.24) is 9.88 Å². The summed E-state index contributed by atoms with van der Waals surface area (Å²) in [5.74, 6) is 0.879. The van der Waals surface area contributed by atoms with E-state index in [2.05, 4.69) is 34.9 Å². The van der Waals surface area contributed by atoms with E-state index >= 15 is 0 Å². The average molecular weight is 272 g/mol. The Balaban J connectivity index is 2.26. The Kier molecular flexibility index (Phi) is 4.61. The van der Waals surface area contributed by atoms with E-state index in [1.807, 2.05) is 19.9 Å². The molecule has 1 aromatic heterocycles. The first kappa shape index (κ1) is 14.8. The van der Waals surface area contributed by atoms with Gasteiger partial charge in [0, 0.05) is 24.8 Å². The second-order valence-corrected chi connectivity index (χ2v) is 5.93. The van der Waals surface area contributed by atoms with Crippen LogP contribution in [0.4, 0.5) is 5.82 Å². The number of nitriles is 1. The third-order valence-corrected chi connectivity index (χ3v) is 4.16. The first-order valence-electron chi connectivity index (χ1n) is 7.32. The quantitative estimate of drug-likeness (QED) is 0.829. The molecule has 4 nitrogen and oxygen atoms in total. The van der Waals surface area contributed by atoms with Crippen LogP contribution in [0.3, 0.4) is 0 Å². The van der Waals surface area contributed by atoms with Crippen LogP contribution in [0.15, 0.2) is 6.07 Å². The lowest BCUT2D eigenvalue weighted by Gasteiger charge is -2.25. The predicted molar refractivity (Wildman–Crippen MR) is 82.0 cm³/mol. The zero-order valence-corrected chi connectivity index (χ0v) is 13.0. The Hall–Kier alpha value is -1.60. The topological polar surface area (TPSA) is 43.2 Å². The van der Waals surface area contributed by atoms with Crippen LogP contribution in [0.5, 0.6) is 0 Å². The van der Waals surface area contributed by atoms with E-state index in [0.29, 0.717) is 6.04 Å². The van der Waals surface area contributed by atoms with Gasteiger partial charge in [-0.15, -0.1) is 0 Å². The molecule has 0 saturated carbocycles. The molecule has 0 N–H and O–H groups in total. The molecular formula is C16H24N4. The standard InChI is InChI=1S/C16H24N4/c1-12-10-13(2)18-16(15(12)11-17)20-8-5-6-14(7-9-20)19(3)4/h10,14H,5-9H2,1-4H3/t14-/m1/s1. The largest absolute Gasteiger partial charge is 0.355 e. The highest BCUT2D eigenvalue weighted by Crippen LogP contribution is 2.25. The maximum Gasteiger partial charge on any atom is 0.147 e. The van der Waals surface area contributed by atoms with Crippen LogP contribution in [0.2, 0.25) is 0 Å². The molecule has 1 aliphatic rings. The van der Waals surface area contributed by atoms with Crippen LogP contribution in [-0.2, 0) is 0 Å². The van der Waals surface area contributed by atoms with Crippen molar-refractivity contribution in [3.05, 3.63) is 22.9 Å². The minimum Gasteiger partial charge on any atom is -0.355 e. The number of hydrogen-bond acceptors (Lipinski definition) is 4. The van der Waals surface area contributed by atoms with Gasteiger partial charge in [-0.25, -0.2) is 4.98 Å². The minimum absolute atomic E-state index is 0.636. The molecule has 108 valence electrons. The third kappa shape index (κ3) is 3.10. The average Bonchev–Trinajstić information content (AvgIpc) is 2.63. The van der Waals surface area contributed by atoms with Gasteiger partial charge in [-0.2, -0.15) is 5.26 Å². The van der Waals surface area contributed by atoms with E-state index in [1.54, 1.807) is 0 Å². The highest BCUT2D eigenvalue weighted by atomic mass is 15.2. The number of aryl methyl sites for hydroxylation is 2. The van der Waals surface area contributed by atoms with Crippen molar-refractivity contribution in [2.75, 3.05) is 32.1 Å². The fourth-order valence-electron chi connectivity index (χ4n) is 2.99. The maximum absolute atomic E-state index is 9.41. The number of rotatable bonds is 2. The molecule has 0 aliphatic carbocycles. The molecule has 0 bridgehead atoms. The zero-order valence-electron chi connectivity index (χ0n) is 13.0. The molecule has 1 aromatic rings. The second-order valence-electron chi connectivity index (χ2n) is 5.93. The Morgan fingerprint density at radius 1 is 1.30 bits per heavy atom. The van der Waals surface area contributed by atoms with Crippen LogP contribution in [-0.4, -0.2) is 43.1 Å². The molecule has 1 saturated heterocycles. The summed E-state index contributed by atoms with van der Waals surface area (Å²) in [4.78, 5) is 9.23. The fraction of sp³-hybridized carbons (Fsp3) is 0.625. The molecular weight excluding hydrogens is 248 g/mol. The van der Waals surface area contributed by atoms with Gasteiger partial charge in [-0.05, 0) is 58.8 Å². The summed E-state index contributed by atoms with van der Waals surface area (Å²) in [5.41, 5.74) is 2.76. The van der Waals surface area contributed by atoms with Crippen LogP contribution in [0, 0.1) is 25.2 Å². The number of nitrogens with zero attached hydrogens (tertiary/aromatic N) is 4. The number of hydrogen-bond donors (Lipinski definition) is 0. The minimum atomic E-state index is 0.636. The third-order valence-electron chi connectivity index (χ3n) is 4.16. The fourth-order valence-corrected chi connectivity index (χ4v) is 2.99. The highest BCUT2D eigenvalue weighted by Gasteiger charge is 2.22. The summed E-state index contributed by atoms with van der Waals surface area (Å²) >= 11 is 0. The van der Waals surface area contributed by atoms with Crippen molar-refractivity contribution in [2.24, 2.45) is 0 Å². The maximum atomic E-state index is 9.41. The first-order chi connectivity index (χ1) is 9.52. The molecule has 20 heavy (non-hydrogen) atoms. The van der Waals surface area contributed by atoms with Crippen molar-refractivity contribution in [1.29, 1.82) is 5.26 Å². The summed E-state index contributed by atoms with van der Waals surface area (Å²) in [6, 6.07) is 4.95. The lowest BCUT2D eigenvalue weighted by Crippen LogP contribution is -2.30. The molecule has 1 fully saturated rings. The van der Waals surface area contributed by atoms with Gasteiger partial charge < -0.3 is 9.80 Å². The van der Waals surface area contributed by atoms with E-state index in [9.17, 15) is 5.26 Å². The predicted octanol–water partition coefficient (Wildman–Crippen LogP) is 2.49. The molecule has 4 heteroatoms. The molecule has 0 unspecified atom stereocenters. The number of anilines is 1. The van der Waals surface area contributed by atoms with Gasteiger partial charge in [0.1, 0.15) is 11.9 Å². The van der Waals surface area contributed by atoms with Crippen molar-refractivity contribution in [3.63, 3.8) is 0 Å². The Morgan fingerprint density at radius 2 is 2.05 bits per heavy atom. The van der Waals surface area contributed by atoms with E-state index in [1.165, 1.54) is 6.42 Å². The first-order valence-corrected chi connectivity index (χ1v) is 7.32. The summed E-state index contributed by atoms with van der Waals surface area (Å²) < 4.78 is 0. The number of aromatic nitrogens is 1. The molecule has 0 aromatic carbocycles. The van der Waals surface area contributed by atoms with Gasteiger partial charge >= 0.3 is 0 Å². The summed E-state index contributed by atoms with van der Waals surface area (Å²) in [5, 5.41) is 9.41. The Morgan fingerprint density at radius 3 is 2.70 bits per heavy atom. The SMILES string of the molecule is Cc1cc(C)c(C#N)c(N2CCC[C@@H](N(C)C)CC2)n1. The van der Waals surface area contributed by atoms with Crippen LogP contribution < -0.4 is 4.90 Å². The Labute approximate surface area is 122 Å². The van der Waals surface area contributed by atoms with Crippen molar-refractivity contribution in [2.45, 2.75) is 39.2 Å². The van der Waals surface area contributed by atoms with Crippen molar-refractivity contribution >= 4 is 5.82 Å². The van der Waals surface area contributed by atoms with Crippen molar-refractivity contribution in [3.8, 4) is 6.07 Å². The molecule has 2 rings (SSSR count). The zero-order chi connectivity index (χ0) is 14.7. The van der Waals surface area contributed by atoms with Crippen LogP contribution in [0.1, 0.15) is 36.1 Å². The van der Waals surface area contributed by atoms with E-state index in [4.69, 9.17) is 0 Å². The van der Waals surface area contributed by atoms with E-state index in [0.717, 1.165) is 48.6 Å². The number of pyridine rings is 1. The molecule has 2 heterocycles. The highest BCUT2D eigenvalue weighted by molar-refractivity contribution is 5.58.